The molecule has 7 unspecified atom stereocenters. The molecule has 3 nitrogen and oxygen atoms in total. The third-order valence-electron chi connectivity index (χ3n) is 8.72. The molecule has 3 heteroatoms. The van der Waals surface area contributed by atoms with Crippen molar-refractivity contribution in [2.24, 2.45) is 34.0 Å². The first kappa shape index (κ1) is 15.2. The summed E-state index contributed by atoms with van der Waals surface area (Å²) in [4.78, 5) is 23.8. The third-order valence-corrected chi connectivity index (χ3v) is 8.72. The van der Waals surface area contributed by atoms with E-state index in [0.717, 1.165) is 38.0 Å². The lowest BCUT2D eigenvalue weighted by atomic mass is 9.52. The molecule has 0 N–H and O–H groups in total. The summed E-state index contributed by atoms with van der Waals surface area (Å²) in [6, 6.07) is 0. The minimum atomic E-state index is -0.139. The molecular weight excluding hydrogens is 300 g/mol. The molecule has 24 heavy (non-hydrogen) atoms. The van der Waals surface area contributed by atoms with Crippen LogP contribution in [0.1, 0.15) is 65.2 Å². The highest BCUT2D eigenvalue weighted by molar-refractivity contribution is 5.87. The maximum absolute atomic E-state index is 12.4. The van der Waals surface area contributed by atoms with Crippen LogP contribution in [0.25, 0.3) is 0 Å². The highest BCUT2D eigenvalue weighted by atomic mass is 16.5. The highest BCUT2D eigenvalue weighted by Gasteiger charge is 2.74. The van der Waals surface area contributed by atoms with Crippen LogP contribution in [-0.2, 0) is 14.3 Å². The molecule has 0 aromatic rings. The second-order valence-electron chi connectivity index (χ2n) is 9.53. The predicted molar refractivity (Wildman–Crippen MR) is 90.1 cm³/mol. The number of fused-ring (bicyclic) bond motifs is 3. The van der Waals surface area contributed by atoms with Crippen molar-refractivity contribution in [2.75, 3.05) is 0 Å². The molecular formula is C21H28O3. The summed E-state index contributed by atoms with van der Waals surface area (Å²) < 4.78 is 5.55. The van der Waals surface area contributed by atoms with Crippen LogP contribution >= 0.6 is 0 Å². The number of carbonyl (C=O) groups is 2. The minimum absolute atomic E-state index is 0.0496. The van der Waals surface area contributed by atoms with Gasteiger partial charge in [-0.15, -0.1) is 0 Å². The molecule has 0 radical (unpaired) electrons. The second kappa shape index (κ2) is 4.53. The number of esters is 1. The summed E-state index contributed by atoms with van der Waals surface area (Å²) >= 11 is 0. The Morgan fingerprint density at radius 3 is 2.83 bits per heavy atom. The fraction of sp³-hybridized carbons (Fsp3) is 0.810. The Kier molecular flexibility index (Phi) is 2.86. The standard InChI is InChI=1S/C21H28O3/c1-13(22)24-14-5-10-21-12-20(21,11-14)9-6-15-16-3-4-18(23)19(16,2)8-7-17(15)21/h6,9,14-17H,3-5,7-8,10-12H2,1-2H3. The Balaban J connectivity index is 1.44. The van der Waals surface area contributed by atoms with Crippen LogP contribution in [0, 0.1) is 34.0 Å². The Bertz CT molecular complexity index is 651. The van der Waals surface area contributed by atoms with Gasteiger partial charge >= 0.3 is 5.97 Å². The van der Waals surface area contributed by atoms with Gasteiger partial charge in [-0.25, -0.2) is 0 Å². The van der Waals surface area contributed by atoms with Crippen molar-refractivity contribution in [1.29, 1.82) is 0 Å². The molecule has 0 amide bonds. The minimum Gasteiger partial charge on any atom is -0.463 e. The number of allylic oxidation sites excluding steroid dienone is 2. The third kappa shape index (κ3) is 1.69. The van der Waals surface area contributed by atoms with Crippen molar-refractivity contribution in [3.8, 4) is 0 Å². The van der Waals surface area contributed by atoms with Gasteiger partial charge in [-0.3, -0.25) is 9.59 Å². The van der Waals surface area contributed by atoms with Crippen molar-refractivity contribution in [3.05, 3.63) is 12.2 Å². The lowest BCUT2D eigenvalue weighted by molar-refractivity contribution is -0.149. The van der Waals surface area contributed by atoms with Gasteiger partial charge in [0.15, 0.2) is 0 Å². The lowest BCUT2D eigenvalue weighted by Gasteiger charge is -2.52. The van der Waals surface area contributed by atoms with Gasteiger partial charge < -0.3 is 4.74 Å². The Hall–Kier alpha value is -1.12. The topological polar surface area (TPSA) is 43.4 Å². The summed E-state index contributed by atoms with van der Waals surface area (Å²) in [5.74, 6) is 2.31. The lowest BCUT2D eigenvalue weighted by Crippen LogP contribution is -2.47. The summed E-state index contributed by atoms with van der Waals surface area (Å²) in [5.41, 5.74) is 0.699. The fourth-order valence-corrected chi connectivity index (χ4v) is 7.55. The second-order valence-corrected chi connectivity index (χ2v) is 9.53. The molecule has 5 aliphatic carbocycles. The van der Waals surface area contributed by atoms with Crippen LogP contribution in [0.4, 0.5) is 0 Å². The molecule has 0 spiro atoms. The van der Waals surface area contributed by atoms with Crippen molar-refractivity contribution in [2.45, 2.75) is 71.3 Å². The van der Waals surface area contributed by atoms with Crippen LogP contribution in [0.5, 0.6) is 0 Å². The van der Waals surface area contributed by atoms with E-state index in [1.807, 2.05) is 0 Å². The zero-order valence-corrected chi connectivity index (χ0v) is 14.8. The van der Waals surface area contributed by atoms with Crippen molar-refractivity contribution in [3.63, 3.8) is 0 Å². The van der Waals surface area contributed by atoms with E-state index in [4.69, 9.17) is 4.74 Å². The Labute approximate surface area is 144 Å². The largest absolute Gasteiger partial charge is 0.463 e. The van der Waals surface area contributed by atoms with Crippen molar-refractivity contribution < 1.29 is 14.3 Å². The average molecular weight is 328 g/mol. The highest BCUT2D eigenvalue weighted by Crippen LogP contribution is 2.81. The first-order valence-corrected chi connectivity index (χ1v) is 9.80. The van der Waals surface area contributed by atoms with E-state index in [1.54, 1.807) is 0 Å². The van der Waals surface area contributed by atoms with E-state index in [1.165, 1.54) is 26.2 Å². The van der Waals surface area contributed by atoms with E-state index in [0.29, 0.717) is 28.4 Å². The first-order valence-electron chi connectivity index (χ1n) is 9.80. The molecule has 5 rings (SSSR count). The van der Waals surface area contributed by atoms with E-state index in [2.05, 4.69) is 19.1 Å². The van der Waals surface area contributed by atoms with Crippen molar-refractivity contribution in [1.82, 2.24) is 0 Å². The summed E-state index contributed by atoms with van der Waals surface area (Å²) in [6.45, 7) is 3.76. The molecule has 7 atom stereocenters. The fourth-order valence-electron chi connectivity index (χ4n) is 7.55. The molecule has 4 saturated carbocycles. The molecule has 0 bridgehead atoms. The summed E-state index contributed by atoms with van der Waals surface area (Å²) in [6.07, 6.45) is 13.8. The zero-order valence-electron chi connectivity index (χ0n) is 14.8. The van der Waals surface area contributed by atoms with Gasteiger partial charge in [-0.2, -0.15) is 0 Å². The molecule has 0 aliphatic heterocycles. The number of hydrogen-bond acceptors (Lipinski definition) is 3. The summed E-state index contributed by atoms with van der Waals surface area (Å²) in [7, 11) is 0. The molecule has 0 aromatic heterocycles. The number of rotatable bonds is 1. The van der Waals surface area contributed by atoms with Gasteiger partial charge in [0.2, 0.25) is 0 Å². The number of ether oxygens (including phenoxy) is 1. The van der Waals surface area contributed by atoms with Gasteiger partial charge in [-0.1, -0.05) is 19.1 Å². The Morgan fingerprint density at radius 2 is 2.04 bits per heavy atom. The molecule has 0 heterocycles. The molecule has 130 valence electrons. The normalized spacial score (nSPS) is 54.3. The molecule has 0 saturated heterocycles. The number of ketones is 1. The Morgan fingerprint density at radius 1 is 1.21 bits per heavy atom. The number of carbonyl (C=O) groups excluding carboxylic acids is 2. The molecule has 4 fully saturated rings. The van der Waals surface area contributed by atoms with E-state index in [-0.39, 0.29) is 17.5 Å². The van der Waals surface area contributed by atoms with Gasteiger partial charge in [-0.05, 0) is 73.5 Å². The van der Waals surface area contributed by atoms with Gasteiger partial charge in [0, 0.05) is 18.8 Å². The van der Waals surface area contributed by atoms with E-state index < -0.39 is 0 Å². The molecule has 5 aliphatic rings. The monoisotopic (exact) mass is 328 g/mol. The van der Waals surface area contributed by atoms with E-state index in [9.17, 15) is 9.59 Å². The SMILES string of the molecule is CC(=O)OC1CCC23CC2(C=CC2C4CCC(=O)C4(C)CCC23)C1. The predicted octanol–water partition coefficient (Wildman–Crippen LogP) is 4.06. The zero-order chi connectivity index (χ0) is 16.7. The van der Waals surface area contributed by atoms with Gasteiger partial charge in [0.1, 0.15) is 11.9 Å². The van der Waals surface area contributed by atoms with Crippen LogP contribution in [0.2, 0.25) is 0 Å². The molecule has 0 aromatic carbocycles. The number of hydrogen-bond donors (Lipinski definition) is 0. The van der Waals surface area contributed by atoms with Crippen LogP contribution in [0.3, 0.4) is 0 Å². The quantitative estimate of drug-likeness (QED) is 0.538. The van der Waals surface area contributed by atoms with Crippen molar-refractivity contribution >= 4 is 11.8 Å². The van der Waals surface area contributed by atoms with Crippen LogP contribution in [0.15, 0.2) is 12.2 Å². The maximum Gasteiger partial charge on any atom is 0.302 e. The smallest absolute Gasteiger partial charge is 0.302 e. The average Bonchev–Trinajstić information content (AvgIpc) is 3.13. The number of Topliss-reactive ketones (excluding diaryl/α,β-unsaturated/α-hetero) is 1. The van der Waals surface area contributed by atoms with Gasteiger partial charge in [0.25, 0.3) is 0 Å². The summed E-state index contributed by atoms with van der Waals surface area (Å²) in [5, 5.41) is 0. The first-order chi connectivity index (χ1) is 11.4. The van der Waals surface area contributed by atoms with E-state index >= 15 is 0 Å². The van der Waals surface area contributed by atoms with Crippen LogP contribution < -0.4 is 0 Å². The maximum atomic E-state index is 12.4. The van der Waals surface area contributed by atoms with Gasteiger partial charge in [0.05, 0.1) is 0 Å². The van der Waals surface area contributed by atoms with Crippen LogP contribution in [-0.4, -0.2) is 17.9 Å².